The van der Waals surface area contributed by atoms with Gasteiger partial charge in [0.1, 0.15) is 5.75 Å². The van der Waals surface area contributed by atoms with Crippen molar-refractivity contribution in [1.82, 2.24) is 4.90 Å². The van der Waals surface area contributed by atoms with Gasteiger partial charge in [-0.25, -0.2) is 0 Å². The highest BCUT2D eigenvalue weighted by molar-refractivity contribution is 6.32. The van der Waals surface area contributed by atoms with Crippen LogP contribution in [0.1, 0.15) is 38.7 Å². The molecule has 122 valence electrons. The average molecular weight is 326 g/mol. The van der Waals surface area contributed by atoms with Gasteiger partial charge in [0.05, 0.1) is 11.1 Å². The molecule has 0 spiro atoms. The molecule has 4 nitrogen and oxygen atoms in total. The Bertz CT molecular complexity index is 533. The Morgan fingerprint density at radius 2 is 2.23 bits per heavy atom. The largest absolute Gasteiger partial charge is 0.479 e. The number of aryl methyl sites for hydroxylation is 1. The van der Waals surface area contributed by atoms with Gasteiger partial charge >= 0.3 is 0 Å². The van der Waals surface area contributed by atoms with E-state index in [0.717, 1.165) is 24.9 Å². The summed E-state index contributed by atoms with van der Waals surface area (Å²) in [6, 6.07) is 5.62. The number of halogens is 1. The molecule has 1 heterocycles. The molecule has 0 aromatic heterocycles. The van der Waals surface area contributed by atoms with Crippen molar-refractivity contribution in [3.8, 4) is 5.75 Å². The molecule has 1 aromatic rings. The van der Waals surface area contributed by atoms with Crippen LogP contribution in [0.5, 0.6) is 5.75 Å². The third-order valence-corrected chi connectivity index (χ3v) is 4.32. The lowest BCUT2D eigenvalue weighted by Gasteiger charge is -2.28. The number of nitrogens with zero attached hydrogens (tertiary/aromatic N) is 1. The molecule has 3 unspecified atom stereocenters. The quantitative estimate of drug-likeness (QED) is 0.904. The summed E-state index contributed by atoms with van der Waals surface area (Å²) >= 11 is 6.12. The first-order valence-corrected chi connectivity index (χ1v) is 8.17. The van der Waals surface area contributed by atoms with Gasteiger partial charge < -0.3 is 14.7 Å². The molecule has 0 bridgehead atoms. The number of benzene rings is 1. The van der Waals surface area contributed by atoms with Crippen LogP contribution < -0.4 is 4.74 Å². The van der Waals surface area contributed by atoms with E-state index in [-0.39, 0.29) is 11.9 Å². The summed E-state index contributed by atoms with van der Waals surface area (Å²) in [5, 5.41) is 10.1. The molecule has 1 aromatic carbocycles. The van der Waals surface area contributed by atoms with Crippen LogP contribution in [0, 0.1) is 6.92 Å². The molecule has 1 fully saturated rings. The third-order valence-electron chi connectivity index (χ3n) is 4.01. The molecular formula is C17H24ClNO3. The molecule has 1 aliphatic rings. The van der Waals surface area contributed by atoms with E-state index in [1.54, 1.807) is 19.9 Å². The van der Waals surface area contributed by atoms with Crippen LogP contribution in [-0.4, -0.2) is 40.7 Å². The fourth-order valence-corrected chi connectivity index (χ4v) is 3.10. The molecule has 1 saturated heterocycles. The summed E-state index contributed by atoms with van der Waals surface area (Å²) in [5.74, 6) is 0.495. The molecule has 2 rings (SSSR count). The van der Waals surface area contributed by atoms with Crippen LogP contribution in [0.15, 0.2) is 18.2 Å². The second-order valence-electron chi connectivity index (χ2n) is 6.11. The molecule has 3 atom stereocenters. The van der Waals surface area contributed by atoms with Gasteiger partial charge in [-0.2, -0.15) is 0 Å². The van der Waals surface area contributed by atoms with Crippen LogP contribution in [0.2, 0.25) is 5.02 Å². The van der Waals surface area contributed by atoms with Gasteiger partial charge in [0.25, 0.3) is 5.91 Å². The van der Waals surface area contributed by atoms with E-state index >= 15 is 0 Å². The molecule has 1 amide bonds. The minimum Gasteiger partial charge on any atom is -0.479 e. The number of likely N-dealkylation sites (tertiary alicyclic amines) is 1. The predicted octanol–water partition coefficient (Wildman–Crippen LogP) is 3.18. The van der Waals surface area contributed by atoms with E-state index in [1.165, 1.54) is 0 Å². The minimum absolute atomic E-state index is 0.0410. The molecule has 22 heavy (non-hydrogen) atoms. The van der Waals surface area contributed by atoms with Gasteiger partial charge in [-0.3, -0.25) is 4.79 Å². The number of aliphatic hydroxyl groups is 1. The van der Waals surface area contributed by atoms with Crippen molar-refractivity contribution in [2.45, 2.75) is 58.3 Å². The van der Waals surface area contributed by atoms with Crippen molar-refractivity contribution in [3.05, 3.63) is 28.8 Å². The standard InChI is InChI=1S/C17H24ClNO3/c1-11-6-7-15(18)16(9-11)22-13(3)17(21)19-8-4-5-14(19)10-12(2)20/h6-7,9,12-14,20H,4-5,8,10H2,1-3H3. The van der Waals surface area contributed by atoms with Crippen LogP contribution in [-0.2, 0) is 4.79 Å². The zero-order chi connectivity index (χ0) is 16.3. The lowest BCUT2D eigenvalue weighted by atomic mass is 10.1. The normalized spacial score (nSPS) is 20.8. The maximum atomic E-state index is 12.6. The van der Waals surface area contributed by atoms with Crippen molar-refractivity contribution in [3.63, 3.8) is 0 Å². The summed E-state index contributed by atoms with van der Waals surface area (Å²) in [6.07, 6.45) is 1.54. The van der Waals surface area contributed by atoms with Crippen LogP contribution in [0.3, 0.4) is 0 Å². The van der Waals surface area contributed by atoms with Crippen molar-refractivity contribution in [2.75, 3.05) is 6.54 Å². The van der Waals surface area contributed by atoms with Gasteiger partial charge in [-0.15, -0.1) is 0 Å². The fraction of sp³-hybridized carbons (Fsp3) is 0.588. The van der Waals surface area contributed by atoms with Crippen molar-refractivity contribution in [1.29, 1.82) is 0 Å². The Balaban J connectivity index is 2.03. The number of ether oxygens (including phenoxy) is 1. The van der Waals surface area contributed by atoms with E-state index in [4.69, 9.17) is 16.3 Å². The maximum Gasteiger partial charge on any atom is 0.263 e. The van der Waals surface area contributed by atoms with Gasteiger partial charge in [0.15, 0.2) is 6.10 Å². The van der Waals surface area contributed by atoms with Crippen molar-refractivity contribution >= 4 is 17.5 Å². The predicted molar refractivity (Wildman–Crippen MR) is 87.3 cm³/mol. The van der Waals surface area contributed by atoms with E-state index in [0.29, 0.717) is 17.2 Å². The summed E-state index contributed by atoms with van der Waals surface area (Å²) in [5.41, 5.74) is 1.03. The van der Waals surface area contributed by atoms with Gasteiger partial charge in [0, 0.05) is 12.6 Å². The third kappa shape index (κ3) is 4.14. The van der Waals surface area contributed by atoms with E-state index < -0.39 is 12.2 Å². The van der Waals surface area contributed by atoms with Gasteiger partial charge in [-0.05, 0) is 57.7 Å². The summed E-state index contributed by atoms with van der Waals surface area (Å²) in [6.45, 7) is 6.19. The first-order valence-electron chi connectivity index (χ1n) is 7.80. The minimum atomic E-state index is -0.589. The van der Waals surface area contributed by atoms with Crippen LogP contribution in [0.4, 0.5) is 0 Å². The molecule has 1 N–H and O–H groups in total. The van der Waals surface area contributed by atoms with Crippen molar-refractivity contribution < 1.29 is 14.6 Å². The zero-order valence-electron chi connectivity index (χ0n) is 13.4. The number of aliphatic hydroxyl groups excluding tert-OH is 1. The number of hydrogen-bond donors (Lipinski definition) is 1. The summed E-state index contributed by atoms with van der Waals surface area (Å²) in [7, 11) is 0. The Labute approximate surface area is 137 Å². The lowest BCUT2D eigenvalue weighted by Crippen LogP contribution is -2.44. The highest BCUT2D eigenvalue weighted by atomic mass is 35.5. The number of amides is 1. The Kier molecular flexibility index (Phi) is 5.70. The van der Waals surface area contributed by atoms with Crippen LogP contribution in [0.25, 0.3) is 0 Å². The molecule has 0 radical (unpaired) electrons. The molecule has 0 saturated carbocycles. The number of hydrogen-bond acceptors (Lipinski definition) is 3. The second kappa shape index (κ2) is 7.34. The first-order chi connectivity index (χ1) is 10.4. The Hall–Kier alpha value is -1.26. The SMILES string of the molecule is Cc1ccc(Cl)c(OC(C)C(=O)N2CCCC2CC(C)O)c1. The van der Waals surface area contributed by atoms with Gasteiger partial charge in [0.2, 0.25) is 0 Å². The molecular weight excluding hydrogens is 302 g/mol. The first kappa shape index (κ1) is 17.1. The van der Waals surface area contributed by atoms with Crippen molar-refractivity contribution in [2.24, 2.45) is 0 Å². The highest BCUT2D eigenvalue weighted by Gasteiger charge is 2.33. The number of carbonyl (C=O) groups is 1. The smallest absolute Gasteiger partial charge is 0.263 e. The molecule has 5 heteroatoms. The van der Waals surface area contributed by atoms with E-state index in [1.807, 2.05) is 24.0 Å². The number of rotatable bonds is 5. The van der Waals surface area contributed by atoms with Crippen LogP contribution >= 0.6 is 11.6 Å². The molecule has 0 aliphatic carbocycles. The molecule has 1 aliphatic heterocycles. The number of carbonyl (C=O) groups excluding carboxylic acids is 1. The lowest BCUT2D eigenvalue weighted by molar-refractivity contribution is -0.139. The zero-order valence-corrected chi connectivity index (χ0v) is 14.1. The second-order valence-corrected chi connectivity index (χ2v) is 6.51. The Morgan fingerprint density at radius 3 is 2.91 bits per heavy atom. The topological polar surface area (TPSA) is 49.8 Å². The highest BCUT2D eigenvalue weighted by Crippen LogP contribution is 2.28. The van der Waals surface area contributed by atoms with Gasteiger partial charge in [-0.1, -0.05) is 17.7 Å². The van der Waals surface area contributed by atoms with E-state index in [9.17, 15) is 9.90 Å². The monoisotopic (exact) mass is 325 g/mol. The maximum absolute atomic E-state index is 12.6. The summed E-state index contributed by atoms with van der Waals surface area (Å²) < 4.78 is 5.77. The fourth-order valence-electron chi connectivity index (χ4n) is 2.94. The van der Waals surface area contributed by atoms with E-state index in [2.05, 4.69) is 0 Å². The Morgan fingerprint density at radius 1 is 1.50 bits per heavy atom. The average Bonchev–Trinajstić information content (AvgIpc) is 2.89. The summed E-state index contributed by atoms with van der Waals surface area (Å²) in [4.78, 5) is 14.4.